The van der Waals surface area contributed by atoms with E-state index in [1.165, 1.54) is 0 Å². The molecule has 0 heterocycles. The van der Waals surface area contributed by atoms with Gasteiger partial charge in [0.05, 0.1) is 0 Å². The van der Waals surface area contributed by atoms with Gasteiger partial charge in [0.2, 0.25) is 11.9 Å². The zero-order valence-electron chi connectivity index (χ0n) is 9.71. The summed E-state index contributed by atoms with van der Waals surface area (Å²) >= 11 is 0. The Bertz CT molecular complexity index is 304. The van der Waals surface area contributed by atoms with Crippen LogP contribution in [0.1, 0.15) is 13.8 Å². The van der Waals surface area contributed by atoms with E-state index in [0.717, 1.165) is 0 Å². The van der Waals surface area contributed by atoms with Crippen LogP contribution in [-0.2, 0) is 13.8 Å². The molecule has 0 aromatic rings. The van der Waals surface area contributed by atoms with Crippen LogP contribution in [0.15, 0.2) is 9.98 Å². The summed E-state index contributed by atoms with van der Waals surface area (Å²) in [5.41, 5.74) is 19.9. The van der Waals surface area contributed by atoms with Crippen molar-refractivity contribution in [2.45, 2.75) is 13.8 Å². The summed E-state index contributed by atoms with van der Waals surface area (Å²) in [5.74, 6) is -0.144. The highest BCUT2D eigenvalue weighted by Gasteiger charge is 2.20. The molecule has 0 unspecified atom stereocenters. The highest BCUT2D eigenvalue weighted by atomic mass is 31.2. The van der Waals surface area contributed by atoms with Crippen LogP contribution in [0.3, 0.4) is 0 Å². The fourth-order valence-corrected chi connectivity index (χ4v) is 1.12. The van der Waals surface area contributed by atoms with E-state index in [4.69, 9.17) is 17.0 Å². The first-order valence-corrected chi connectivity index (χ1v) is 6.40. The molecule has 10 nitrogen and oxygen atoms in total. The van der Waals surface area contributed by atoms with Crippen LogP contribution in [0.4, 0.5) is 0 Å². The van der Waals surface area contributed by atoms with Gasteiger partial charge in [-0.15, -0.1) is 0 Å². The van der Waals surface area contributed by atoms with Gasteiger partial charge >= 0.3 is 7.75 Å². The molecule has 17 heavy (non-hydrogen) atoms. The fraction of sp³-hybridized carbons (Fsp3) is 0.667. The molecule has 0 aromatic carbocycles. The van der Waals surface area contributed by atoms with Crippen molar-refractivity contribution in [3.05, 3.63) is 0 Å². The van der Waals surface area contributed by atoms with Crippen molar-refractivity contribution in [1.82, 2.24) is 11.0 Å². The highest BCUT2D eigenvalue weighted by molar-refractivity contribution is 7.51. The number of hydroxylamine groups is 2. The SMILES string of the molecule is CCN=C(N)NOP(N)(=O)ONC(N)=NCC. The predicted octanol–water partition coefficient (Wildman–Crippen LogP) is -1.24. The van der Waals surface area contributed by atoms with E-state index in [1.807, 2.05) is 0 Å². The first-order chi connectivity index (χ1) is 7.91. The Balaban J connectivity index is 4.08. The Morgan fingerprint density at radius 2 is 1.47 bits per heavy atom. The third-order valence-electron chi connectivity index (χ3n) is 1.21. The Labute approximate surface area is 99.1 Å². The summed E-state index contributed by atoms with van der Waals surface area (Å²) in [6.45, 7) is 4.39. The highest BCUT2D eigenvalue weighted by Crippen LogP contribution is 2.35. The number of guanidine groups is 2. The summed E-state index contributed by atoms with van der Waals surface area (Å²) < 4.78 is 20.4. The number of nitrogens with one attached hydrogen (secondary N) is 2. The average Bonchev–Trinajstić information content (AvgIpc) is 2.25. The van der Waals surface area contributed by atoms with Crippen LogP contribution in [-0.4, -0.2) is 25.0 Å². The smallest absolute Gasteiger partial charge is 0.368 e. The van der Waals surface area contributed by atoms with Crippen molar-refractivity contribution in [3.8, 4) is 0 Å². The molecule has 0 fully saturated rings. The lowest BCUT2D eigenvalue weighted by Gasteiger charge is -2.13. The van der Waals surface area contributed by atoms with Crippen LogP contribution < -0.4 is 27.9 Å². The molecule has 8 N–H and O–H groups in total. The summed E-state index contributed by atoms with van der Waals surface area (Å²) in [6, 6.07) is 0. The topological polar surface area (TPSA) is 162 Å². The molecule has 0 bridgehead atoms. The predicted molar refractivity (Wildman–Crippen MR) is 64.6 cm³/mol. The molecule has 0 saturated heterocycles. The number of nitrogens with zero attached hydrogens (tertiary/aromatic N) is 2. The minimum absolute atomic E-state index is 0.0722. The van der Waals surface area contributed by atoms with Gasteiger partial charge in [-0.2, -0.15) is 9.25 Å². The molecule has 0 aliphatic carbocycles. The molecule has 0 aromatic heterocycles. The second-order valence-corrected chi connectivity index (χ2v) is 4.09. The Morgan fingerprint density at radius 1 is 1.12 bits per heavy atom. The van der Waals surface area contributed by atoms with Crippen molar-refractivity contribution in [1.29, 1.82) is 0 Å². The van der Waals surface area contributed by atoms with Crippen molar-refractivity contribution in [2.24, 2.45) is 27.0 Å². The first-order valence-electron chi connectivity index (χ1n) is 4.79. The number of rotatable bonds is 6. The average molecular weight is 267 g/mol. The fourth-order valence-electron chi connectivity index (χ4n) is 0.645. The van der Waals surface area contributed by atoms with Crippen LogP contribution in [0, 0.1) is 0 Å². The number of nitrogens with two attached hydrogens (primary N) is 3. The zero-order valence-corrected chi connectivity index (χ0v) is 10.6. The Kier molecular flexibility index (Phi) is 7.22. The van der Waals surface area contributed by atoms with E-state index in [-0.39, 0.29) is 11.9 Å². The Morgan fingerprint density at radius 3 is 1.76 bits per heavy atom. The van der Waals surface area contributed by atoms with Crippen molar-refractivity contribution in [2.75, 3.05) is 13.1 Å². The lowest BCUT2D eigenvalue weighted by Crippen LogP contribution is -2.35. The van der Waals surface area contributed by atoms with Crippen LogP contribution in [0.2, 0.25) is 0 Å². The second kappa shape index (κ2) is 7.85. The normalized spacial score (nSPS) is 16.4. The zero-order chi connectivity index (χ0) is 13.3. The summed E-state index contributed by atoms with van der Waals surface area (Å²) in [5, 5.41) is 0. The maximum absolute atomic E-state index is 11.4. The van der Waals surface area contributed by atoms with E-state index in [2.05, 4.69) is 30.2 Å². The van der Waals surface area contributed by atoms with Gasteiger partial charge in [0.1, 0.15) is 0 Å². The van der Waals surface area contributed by atoms with Gasteiger partial charge in [0.25, 0.3) is 0 Å². The van der Waals surface area contributed by atoms with E-state index in [9.17, 15) is 4.57 Å². The molecular formula is C6H18N7O3P. The van der Waals surface area contributed by atoms with Gasteiger partial charge < -0.3 is 11.5 Å². The van der Waals surface area contributed by atoms with E-state index in [0.29, 0.717) is 13.1 Å². The number of hydrogen-bond donors (Lipinski definition) is 5. The molecule has 0 aliphatic heterocycles. The van der Waals surface area contributed by atoms with Crippen LogP contribution in [0.25, 0.3) is 0 Å². The monoisotopic (exact) mass is 267 g/mol. The third kappa shape index (κ3) is 8.46. The van der Waals surface area contributed by atoms with Crippen molar-refractivity contribution < 1.29 is 13.8 Å². The van der Waals surface area contributed by atoms with E-state index in [1.54, 1.807) is 13.8 Å². The minimum atomic E-state index is -3.89. The molecule has 0 aliphatic rings. The summed E-state index contributed by atoms with van der Waals surface area (Å²) in [4.78, 5) is 7.42. The standard InChI is InChI=1S/C6H18N7O3P/c1-3-10-5(7)12-15-17(9,14)16-13-6(8)11-4-2/h3-4H2,1-2H3,(H2,9,14)(H3,7,10,12)(H3,8,11,13). The maximum atomic E-state index is 11.4. The van der Waals surface area contributed by atoms with Gasteiger partial charge in [-0.25, -0.2) is 21.0 Å². The van der Waals surface area contributed by atoms with Gasteiger partial charge in [0, 0.05) is 13.1 Å². The molecule has 100 valence electrons. The van der Waals surface area contributed by atoms with Gasteiger partial charge in [-0.05, 0) is 13.8 Å². The number of hydrogen-bond acceptors (Lipinski definition) is 5. The van der Waals surface area contributed by atoms with Crippen molar-refractivity contribution >= 4 is 19.7 Å². The maximum Gasteiger partial charge on any atom is 0.445 e. The molecule has 0 saturated carbocycles. The number of aliphatic imine (C=N–C) groups is 2. The molecule has 11 heteroatoms. The molecular weight excluding hydrogens is 249 g/mol. The van der Waals surface area contributed by atoms with Gasteiger partial charge in [-0.3, -0.25) is 9.98 Å². The second-order valence-electron chi connectivity index (χ2n) is 2.65. The van der Waals surface area contributed by atoms with Gasteiger partial charge in [0.15, 0.2) is 0 Å². The molecule has 0 atom stereocenters. The quantitative estimate of drug-likeness (QED) is 0.173. The summed E-state index contributed by atoms with van der Waals surface area (Å²) in [6.07, 6.45) is 0. The first kappa shape index (κ1) is 15.7. The van der Waals surface area contributed by atoms with E-state index >= 15 is 0 Å². The Hall–Kier alpha value is -1.35. The largest absolute Gasteiger partial charge is 0.445 e. The minimum Gasteiger partial charge on any atom is -0.368 e. The molecule has 0 amide bonds. The van der Waals surface area contributed by atoms with Crippen LogP contribution in [0.5, 0.6) is 0 Å². The summed E-state index contributed by atoms with van der Waals surface area (Å²) in [7, 11) is -3.89. The van der Waals surface area contributed by atoms with Crippen LogP contribution >= 0.6 is 7.75 Å². The lowest BCUT2D eigenvalue weighted by atomic mass is 10.8. The molecule has 0 spiro atoms. The molecule has 0 rings (SSSR count). The third-order valence-corrected chi connectivity index (χ3v) is 1.90. The van der Waals surface area contributed by atoms with Gasteiger partial charge in [-0.1, -0.05) is 0 Å². The molecule has 0 radical (unpaired) electrons. The van der Waals surface area contributed by atoms with Crippen molar-refractivity contribution in [3.63, 3.8) is 0 Å². The lowest BCUT2D eigenvalue weighted by molar-refractivity contribution is 0.151. The van der Waals surface area contributed by atoms with E-state index < -0.39 is 7.75 Å².